The molecule has 146 valence electrons. The second-order valence-electron chi connectivity index (χ2n) is 7.12. The molecule has 0 N–H and O–H groups in total. The van der Waals surface area contributed by atoms with Crippen LogP contribution in [-0.4, -0.2) is 26.0 Å². The molecule has 0 spiro atoms. The fraction of sp³-hybridized carbons (Fsp3) is 0.167. The van der Waals surface area contributed by atoms with Gasteiger partial charge in [-0.05, 0) is 69.5 Å². The molecule has 3 aromatic carbocycles. The standard InChI is InChI=1S/C24H20INO3/c1-15-16(13-27)11-17(12-23(15)25)26(2)24(28)29-14-22-20-9-5-3-7-18(20)19-8-4-6-10-21(19)22/h3-13,22H,14H2,1-2H3. The predicted molar refractivity (Wildman–Crippen MR) is 123 cm³/mol. The van der Waals surface area contributed by atoms with Crippen LogP contribution >= 0.6 is 22.6 Å². The van der Waals surface area contributed by atoms with E-state index in [9.17, 15) is 9.59 Å². The molecule has 5 heteroatoms. The lowest BCUT2D eigenvalue weighted by Gasteiger charge is -2.21. The largest absolute Gasteiger partial charge is 0.448 e. The van der Waals surface area contributed by atoms with Crippen molar-refractivity contribution in [2.45, 2.75) is 12.8 Å². The number of fused-ring (bicyclic) bond motifs is 3. The van der Waals surface area contributed by atoms with E-state index in [0.717, 1.165) is 15.4 Å². The summed E-state index contributed by atoms with van der Waals surface area (Å²) in [7, 11) is 1.66. The molecule has 4 nitrogen and oxygen atoms in total. The van der Waals surface area contributed by atoms with Gasteiger partial charge in [-0.25, -0.2) is 4.79 Å². The Labute approximate surface area is 183 Å². The summed E-state index contributed by atoms with van der Waals surface area (Å²) in [6, 6.07) is 20.1. The van der Waals surface area contributed by atoms with Gasteiger partial charge < -0.3 is 4.74 Å². The van der Waals surface area contributed by atoms with Gasteiger partial charge in [-0.1, -0.05) is 48.5 Å². The average Bonchev–Trinajstić information content (AvgIpc) is 3.07. The van der Waals surface area contributed by atoms with Gasteiger partial charge in [-0.3, -0.25) is 9.69 Å². The number of hydrogen-bond donors (Lipinski definition) is 0. The molecule has 0 heterocycles. The van der Waals surface area contributed by atoms with Gasteiger partial charge in [-0.2, -0.15) is 0 Å². The van der Waals surface area contributed by atoms with Gasteiger partial charge in [0.15, 0.2) is 0 Å². The first-order valence-corrected chi connectivity index (χ1v) is 10.4. The number of amides is 1. The van der Waals surface area contributed by atoms with Crippen molar-refractivity contribution >= 4 is 40.7 Å². The zero-order chi connectivity index (χ0) is 20.5. The minimum atomic E-state index is -0.441. The van der Waals surface area contributed by atoms with Crippen LogP contribution in [0.1, 0.15) is 33.0 Å². The third-order valence-corrected chi connectivity index (χ3v) is 6.61. The van der Waals surface area contributed by atoms with E-state index in [1.165, 1.54) is 27.2 Å². The van der Waals surface area contributed by atoms with Crippen LogP contribution in [0.5, 0.6) is 0 Å². The molecule has 0 bridgehead atoms. The SMILES string of the molecule is Cc1c(I)cc(N(C)C(=O)OCC2c3ccccc3-c3ccccc32)cc1C=O. The zero-order valence-corrected chi connectivity index (χ0v) is 18.3. The van der Waals surface area contributed by atoms with Crippen LogP contribution < -0.4 is 4.90 Å². The van der Waals surface area contributed by atoms with E-state index in [4.69, 9.17) is 4.74 Å². The number of hydrogen-bond acceptors (Lipinski definition) is 3. The van der Waals surface area contributed by atoms with Crippen LogP contribution in [0.3, 0.4) is 0 Å². The molecule has 1 amide bonds. The molecule has 0 saturated heterocycles. The van der Waals surface area contributed by atoms with E-state index in [0.29, 0.717) is 11.3 Å². The van der Waals surface area contributed by atoms with E-state index in [-0.39, 0.29) is 12.5 Å². The Hall–Kier alpha value is -2.67. The Morgan fingerprint density at radius 1 is 1.07 bits per heavy atom. The lowest BCUT2D eigenvalue weighted by atomic mass is 9.98. The van der Waals surface area contributed by atoms with Gasteiger partial charge in [-0.15, -0.1) is 0 Å². The number of carbonyl (C=O) groups is 2. The second-order valence-corrected chi connectivity index (χ2v) is 8.28. The highest BCUT2D eigenvalue weighted by atomic mass is 127. The molecule has 4 rings (SSSR count). The summed E-state index contributed by atoms with van der Waals surface area (Å²) in [6.07, 6.45) is 0.371. The molecule has 29 heavy (non-hydrogen) atoms. The molecule has 1 aliphatic rings. The molecule has 0 aliphatic heterocycles. The molecule has 0 aromatic heterocycles. The third kappa shape index (κ3) is 3.55. The van der Waals surface area contributed by atoms with Crippen molar-refractivity contribution in [1.82, 2.24) is 0 Å². The maximum absolute atomic E-state index is 12.7. The third-order valence-electron chi connectivity index (χ3n) is 5.49. The predicted octanol–water partition coefficient (Wildman–Crippen LogP) is 5.80. The quantitative estimate of drug-likeness (QED) is 0.338. The monoisotopic (exact) mass is 497 g/mol. The first-order chi connectivity index (χ1) is 14.0. The van der Waals surface area contributed by atoms with Gasteiger partial charge in [0.25, 0.3) is 0 Å². The summed E-state index contributed by atoms with van der Waals surface area (Å²) in [6.45, 7) is 2.16. The smallest absolute Gasteiger partial charge is 0.414 e. The van der Waals surface area contributed by atoms with Crippen molar-refractivity contribution in [3.63, 3.8) is 0 Å². The van der Waals surface area contributed by atoms with Gasteiger partial charge >= 0.3 is 6.09 Å². The fourth-order valence-corrected chi connectivity index (χ4v) is 4.43. The van der Waals surface area contributed by atoms with Crippen molar-refractivity contribution in [1.29, 1.82) is 0 Å². The Kier molecular flexibility index (Phi) is 5.41. The zero-order valence-electron chi connectivity index (χ0n) is 16.2. The van der Waals surface area contributed by atoms with Crippen LogP contribution in [0.15, 0.2) is 60.7 Å². The molecule has 0 atom stereocenters. The molecular formula is C24H20INO3. The summed E-state index contributed by atoms with van der Waals surface area (Å²) < 4.78 is 6.63. The lowest BCUT2D eigenvalue weighted by molar-refractivity contribution is 0.112. The summed E-state index contributed by atoms with van der Waals surface area (Å²) >= 11 is 2.17. The van der Waals surface area contributed by atoms with Crippen molar-refractivity contribution in [3.8, 4) is 11.1 Å². The molecule has 0 fully saturated rings. The number of nitrogens with zero attached hydrogens (tertiary/aromatic N) is 1. The molecule has 0 unspecified atom stereocenters. The van der Waals surface area contributed by atoms with E-state index < -0.39 is 6.09 Å². The van der Waals surface area contributed by atoms with Gasteiger partial charge in [0.05, 0.1) is 0 Å². The van der Waals surface area contributed by atoms with Crippen LogP contribution in [0.25, 0.3) is 11.1 Å². The van der Waals surface area contributed by atoms with E-state index in [2.05, 4.69) is 46.9 Å². The normalized spacial score (nSPS) is 12.2. The number of ether oxygens (including phenoxy) is 1. The summed E-state index contributed by atoms with van der Waals surface area (Å²) in [5, 5.41) is 0. The van der Waals surface area contributed by atoms with Crippen molar-refractivity contribution in [2.24, 2.45) is 0 Å². The summed E-state index contributed by atoms with van der Waals surface area (Å²) in [4.78, 5) is 25.5. The second kappa shape index (κ2) is 7.99. The lowest BCUT2D eigenvalue weighted by Crippen LogP contribution is -2.28. The molecule has 0 radical (unpaired) electrons. The van der Waals surface area contributed by atoms with Crippen LogP contribution in [0.4, 0.5) is 10.5 Å². The van der Waals surface area contributed by atoms with E-state index in [1.807, 2.05) is 37.3 Å². The first kappa shape index (κ1) is 19.6. The van der Waals surface area contributed by atoms with Crippen LogP contribution in [0.2, 0.25) is 0 Å². The number of carbonyl (C=O) groups excluding carboxylic acids is 2. The Bertz CT molecular complexity index is 1060. The number of aldehydes is 1. The summed E-state index contributed by atoms with van der Waals surface area (Å²) in [5.74, 6) is 0.0171. The van der Waals surface area contributed by atoms with Crippen LogP contribution in [-0.2, 0) is 4.74 Å². The average molecular weight is 497 g/mol. The number of benzene rings is 3. The van der Waals surface area contributed by atoms with Gasteiger partial charge in [0.2, 0.25) is 0 Å². The van der Waals surface area contributed by atoms with Crippen LogP contribution in [0, 0.1) is 10.5 Å². The Morgan fingerprint density at radius 3 is 2.24 bits per heavy atom. The minimum absolute atomic E-state index is 0.0171. The fourth-order valence-electron chi connectivity index (χ4n) is 3.80. The number of rotatable bonds is 4. The van der Waals surface area contributed by atoms with Gasteiger partial charge in [0.1, 0.15) is 12.9 Å². The highest BCUT2D eigenvalue weighted by Gasteiger charge is 2.29. The molecule has 3 aromatic rings. The molecule has 1 aliphatic carbocycles. The van der Waals surface area contributed by atoms with E-state index in [1.54, 1.807) is 13.1 Å². The molecular weight excluding hydrogens is 477 g/mol. The maximum atomic E-state index is 12.7. The van der Waals surface area contributed by atoms with E-state index >= 15 is 0 Å². The number of halogens is 1. The van der Waals surface area contributed by atoms with Crippen molar-refractivity contribution in [3.05, 3.63) is 86.5 Å². The van der Waals surface area contributed by atoms with Crippen molar-refractivity contribution in [2.75, 3.05) is 18.6 Å². The molecule has 0 saturated carbocycles. The highest BCUT2D eigenvalue weighted by Crippen LogP contribution is 2.44. The van der Waals surface area contributed by atoms with Gasteiger partial charge in [0, 0.05) is 27.8 Å². The topological polar surface area (TPSA) is 46.6 Å². The maximum Gasteiger partial charge on any atom is 0.414 e. The summed E-state index contributed by atoms with van der Waals surface area (Å²) in [5.41, 5.74) is 6.87. The van der Waals surface area contributed by atoms with Crippen molar-refractivity contribution < 1.29 is 14.3 Å². The Balaban J connectivity index is 1.55. The Morgan fingerprint density at radius 2 is 1.66 bits per heavy atom. The first-order valence-electron chi connectivity index (χ1n) is 9.35. The minimum Gasteiger partial charge on any atom is -0.448 e. The highest BCUT2D eigenvalue weighted by molar-refractivity contribution is 14.1. The number of anilines is 1.